The molecule has 1 aromatic carbocycles. The third-order valence-corrected chi connectivity index (χ3v) is 6.37. The number of hydrogen-bond donors (Lipinski definition) is 5. The summed E-state index contributed by atoms with van der Waals surface area (Å²) in [7, 11) is 0. The number of nitrogens with zero attached hydrogens (tertiary/aromatic N) is 4. The van der Waals surface area contributed by atoms with Crippen molar-refractivity contribution in [3.8, 4) is 0 Å². The van der Waals surface area contributed by atoms with Crippen LogP contribution < -0.4 is 16.0 Å². The molecule has 3 aromatic rings. The molecule has 0 unspecified atom stereocenters. The fourth-order valence-corrected chi connectivity index (χ4v) is 4.61. The third-order valence-electron chi connectivity index (χ3n) is 6.37. The number of aromatic nitrogens is 4. The van der Waals surface area contributed by atoms with Gasteiger partial charge in [0.15, 0.2) is 5.65 Å². The van der Waals surface area contributed by atoms with Gasteiger partial charge in [-0.2, -0.15) is 4.98 Å². The SMILES string of the molecule is C.OC[C@@H]1C[C@@H](n2c(Nc3ccccc3F)nc3cnc(NC4CCC(O)CC4)nc32)CN1. The zero-order valence-corrected chi connectivity index (χ0v) is 17.7. The summed E-state index contributed by atoms with van der Waals surface area (Å²) in [4.78, 5) is 13.9. The smallest absolute Gasteiger partial charge is 0.224 e. The molecule has 1 saturated heterocycles. The van der Waals surface area contributed by atoms with Crippen LogP contribution in [0.2, 0.25) is 0 Å². The molecule has 2 aliphatic rings. The van der Waals surface area contributed by atoms with Crippen molar-refractivity contribution in [1.29, 1.82) is 0 Å². The minimum absolute atomic E-state index is 0. The highest BCUT2D eigenvalue weighted by atomic mass is 19.1. The zero-order chi connectivity index (χ0) is 22.1. The molecular formula is C23H32FN7O2. The molecule has 1 saturated carbocycles. The van der Waals surface area contributed by atoms with Crippen molar-refractivity contribution < 1.29 is 14.6 Å². The number of rotatable bonds is 6. The predicted octanol–water partition coefficient (Wildman–Crippen LogP) is 2.96. The number of halogens is 1. The van der Waals surface area contributed by atoms with E-state index in [-0.39, 0.29) is 44.1 Å². The van der Waals surface area contributed by atoms with Crippen molar-refractivity contribution in [3.63, 3.8) is 0 Å². The highest BCUT2D eigenvalue weighted by Gasteiger charge is 2.29. The summed E-state index contributed by atoms with van der Waals surface area (Å²) in [6.45, 7) is 0.699. The fraction of sp³-hybridized carbons (Fsp3) is 0.522. The molecule has 2 fully saturated rings. The predicted molar refractivity (Wildman–Crippen MR) is 126 cm³/mol. The quantitative estimate of drug-likeness (QED) is 0.383. The maximum absolute atomic E-state index is 14.3. The van der Waals surface area contributed by atoms with Gasteiger partial charge in [0.1, 0.15) is 11.3 Å². The van der Waals surface area contributed by atoms with E-state index in [1.54, 1.807) is 24.4 Å². The molecule has 10 heteroatoms. The van der Waals surface area contributed by atoms with Gasteiger partial charge >= 0.3 is 0 Å². The number of para-hydroxylation sites is 1. The Bertz CT molecular complexity index is 1080. The third kappa shape index (κ3) is 4.92. The number of aliphatic hydroxyl groups is 2. The molecule has 5 rings (SSSR count). The molecule has 178 valence electrons. The topological polar surface area (TPSA) is 120 Å². The van der Waals surface area contributed by atoms with Gasteiger partial charge in [-0.3, -0.25) is 4.57 Å². The van der Waals surface area contributed by atoms with Gasteiger partial charge in [0.25, 0.3) is 0 Å². The molecule has 1 aliphatic carbocycles. The van der Waals surface area contributed by atoms with Gasteiger partial charge in [0.2, 0.25) is 11.9 Å². The molecular weight excluding hydrogens is 425 g/mol. The van der Waals surface area contributed by atoms with Crippen LogP contribution in [0, 0.1) is 5.82 Å². The Morgan fingerprint density at radius 3 is 2.67 bits per heavy atom. The fourth-order valence-electron chi connectivity index (χ4n) is 4.61. The number of benzene rings is 1. The largest absolute Gasteiger partial charge is 0.395 e. The molecule has 0 amide bonds. The van der Waals surface area contributed by atoms with Crippen LogP contribution in [0.3, 0.4) is 0 Å². The highest BCUT2D eigenvalue weighted by molar-refractivity contribution is 5.76. The van der Waals surface area contributed by atoms with Gasteiger partial charge in [0, 0.05) is 18.6 Å². The van der Waals surface area contributed by atoms with Gasteiger partial charge in [-0.25, -0.2) is 14.4 Å². The summed E-state index contributed by atoms with van der Waals surface area (Å²) in [5, 5.41) is 29.1. The molecule has 0 bridgehead atoms. The van der Waals surface area contributed by atoms with Crippen LogP contribution in [0.25, 0.3) is 11.2 Å². The second-order valence-electron chi connectivity index (χ2n) is 8.64. The first-order chi connectivity index (χ1) is 15.6. The minimum Gasteiger partial charge on any atom is -0.395 e. The van der Waals surface area contributed by atoms with Crippen molar-refractivity contribution >= 4 is 28.7 Å². The number of aliphatic hydroxyl groups excluding tert-OH is 2. The molecule has 1 aliphatic heterocycles. The Labute approximate surface area is 192 Å². The average molecular weight is 458 g/mol. The van der Waals surface area contributed by atoms with E-state index in [9.17, 15) is 14.6 Å². The van der Waals surface area contributed by atoms with E-state index in [4.69, 9.17) is 4.98 Å². The second-order valence-corrected chi connectivity index (χ2v) is 8.64. The van der Waals surface area contributed by atoms with Crippen LogP contribution in [0.4, 0.5) is 22.0 Å². The lowest BCUT2D eigenvalue weighted by Gasteiger charge is -2.26. The number of fused-ring (bicyclic) bond motifs is 1. The van der Waals surface area contributed by atoms with E-state index >= 15 is 0 Å². The molecule has 2 aromatic heterocycles. The summed E-state index contributed by atoms with van der Waals surface area (Å²) in [6, 6.07) is 6.68. The summed E-state index contributed by atoms with van der Waals surface area (Å²) in [5.41, 5.74) is 1.60. The van der Waals surface area contributed by atoms with Gasteiger partial charge in [0.05, 0.1) is 30.6 Å². The lowest BCUT2D eigenvalue weighted by atomic mass is 9.93. The number of nitrogens with one attached hydrogen (secondary N) is 3. The maximum atomic E-state index is 14.3. The molecule has 0 spiro atoms. The standard InChI is InChI=1S/C22H28FN7O2.CH4/c23-17-3-1-2-4-18(17)27-22-28-19-11-25-21(26-13-5-7-16(32)8-6-13)29-20(19)30(22)15-9-14(12-31)24-10-15;/h1-4,11,13-16,24,31-32H,5-10,12H2,(H,27,28)(H,25,26,29);1H4/t13?,14-,15+,16?;/m0./s1. The minimum atomic E-state index is -0.364. The van der Waals surface area contributed by atoms with Crippen molar-refractivity contribution in [1.82, 2.24) is 24.8 Å². The molecule has 2 atom stereocenters. The Morgan fingerprint density at radius 2 is 1.94 bits per heavy atom. The van der Waals surface area contributed by atoms with E-state index in [0.29, 0.717) is 41.7 Å². The van der Waals surface area contributed by atoms with Crippen LogP contribution in [0.5, 0.6) is 0 Å². The average Bonchev–Trinajstić information content (AvgIpc) is 3.40. The maximum Gasteiger partial charge on any atom is 0.224 e. The monoisotopic (exact) mass is 457 g/mol. The zero-order valence-electron chi connectivity index (χ0n) is 17.7. The Balaban J connectivity index is 0.00000259. The van der Waals surface area contributed by atoms with Crippen molar-refractivity contribution in [2.45, 2.75) is 63.8 Å². The van der Waals surface area contributed by atoms with Gasteiger partial charge in [-0.15, -0.1) is 0 Å². The molecule has 33 heavy (non-hydrogen) atoms. The molecule has 9 nitrogen and oxygen atoms in total. The van der Waals surface area contributed by atoms with Crippen molar-refractivity contribution in [3.05, 3.63) is 36.3 Å². The van der Waals surface area contributed by atoms with Crippen LogP contribution in [-0.2, 0) is 0 Å². The number of hydrogen-bond acceptors (Lipinski definition) is 8. The van der Waals surface area contributed by atoms with Crippen LogP contribution in [0.15, 0.2) is 30.5 Å². The Hall–Kier alpha value is -2.82. The summed E-state index contributed by atoms with van der Waals surface area (Å²) < 4.78 is 16.3. The van der Waals surface area contributed by atoms with Gasteiger partial charge in [-0.1, -0.05) is 19.6 Å². The van der Waals surface area contributed by atoms with Crippen LogP contribution >= 0.6 is 0 Å². The van der Waals surface area contributed by atoms with E-state index in [2.05, 4.69) is 25.9 Å². The van der Waals surface area contributed by atoms with Crippen molar-refractivity contribution in [2.24, 2.45) is 0 Å². The number of imidazole rings is 1. The van der Waals surface area contributed by atoms with Crippen LogP contribution in [-0.4, -0.2) is 61.1 Å². The lowest BCUT2D eigenvalue weighted by molar-refractivity contribution is 0.126. The van der Waals surface area contributed by atoms with E-state index < -0.39 is 0 Å². The first-order valence-electron chi connectivity index (χ1n) is 11.2. The van der Waals surface area contributed by atoms with Crippen LogP contribution in [0.1, 0.15) is 45.6 Å². The number of anilines is 3. The van der Waals surface area contributed by atoms with E-state index in [1.807, 2.05) is 4.57 Å². The molecule has 3 heterocycles. The Kier molecular flexibility index (Phi) is 7.06. The van der Waals surface area contributed by atoms with Gasteiger partial charge in [-0.05, 0) is 44.2 Å². The summed E-state index contributed by atoms with van der Waals surface area (Å²) >= 11 is 0. The highest BCUT2D eigenvalue weighted by Crippen LogP contribution is 2.31. The van der Waals surface area contributed by atoms with E-state index in [1.165, 1.54) is 6.07 Å². The van der Waals surface area contributed by atoms with Gasteiger partial charge < -0.3 is 26.2 Å². The first kappa shape index (κ1) is 23.3. The summed E-state index contributed by atoms with van der Waals surface area (Å²) in [6.07, 6.45) is 5.44. The Morgan fingerprint density at radius 1 is 1.15 bits per heavy atom. The normalized spacial score (nSPS) is 25.1. The molecule has 5 N–H and O–H groups in total. The lowest BCUT2D eigenvalue weighted by Crippen LogP contribution is -2.29. The second kappa shape index (κ2) is 9.98. The van der Waals surface area contributed by atoms with Crippen molar-refractivity contribution in [2.75, 3.05) is 23.8 Å². The molecule has 0 radical (unpaired) electrons. The van der Waals surface area contributed by atoms with E-state index in [0.717, 1.165) is 25.7 Å². The summed E-state index contributed by atoms with van der Waals surface area (Å²) in [5.74, 6) is 0.640. The first-order valence-corrected chi connectivity index (χ1v) is 11.2.